The molecule has 0 amide bonds. The number of rotatable bonds is 4. The molecule has 0 aromatic heterocycles. The van der Waals surface area contributed by atoms with Gasteiger partial charge in [-0.05, 0) is 51.1 Å². The first kappa shape index (κ1) is 19.2. The predicted molar refractivity (Wildman–Crippen MR) is 100 cm³/mol. The van der Waals surface area contributed by atoms with Gasteiger partial charge in [-0.3, -0.25) is 4.99 Å². The molecular weight excluding hydrogens is 394 g/mol. The largest absolute Gasteiger partial charge is 0.370 e. The Labute approximate surface area is 149 Å². The van der Waals surface area contributed by atoms with Gasteiger partial charge < -0.3 is 15.5 Å². The highest BCUT2D eigenvalue weighted by atomic mass is 127. The maximum Gasteiger partial charge on any atom is 0.191 e. The van der Waals surface area contributed by atoms with Crippen LogP contribution in [-0.2, 0) is 0 Å². The highest BCUT2D eigenvalue weighted by Crippen LogP contribution is 2.19. The Morgan fingerprint density at radius 2 is 1.82 bits per heavy atom. The molecule has 0 aliphatic carbocycles. The van der Waals surface area contributed by atoms with Gasteiger partial charge in [-0.25, -0.2) is 4.39 Å². The molecule has 0 spiro atoms. The summed E-state index contributed by atoms with van der Waals surface area (Å²) in [4.78, 5) is 8.79. The molecule has 2 rings (SSSR count). The minimum atomic E-state index is -0.215. The standard InChI is InChI=1S/C16H25FN4.HI/c1-20(2)15(13-6-8-14(17)9-7-13)12-19-16(18)21-10-4-3-5-11-21;/h6-9,15H,3-5,10-12H2,1-2H3,(H2,18,19);1H. The van der Waals surface area contributed by atoms with Crippen molar-refractivity contribution in [3.05, 3.63) is 35.6 Å². The summed E-state index contributed by atoms with van der Waals surface area (Å²) in [5.41, 5.74) is 7.15. The number of benzene rings is 1. The van der Waals surface area contributed by atoms with Gasteiger partial charge in [0, 0.05) is 13.1 Å². The second-order valence-electron chi connectivity index (χ2n) is 5.78. The van der Waals surface area contributed by atoms with E-state index in [-0.39, 0.29) is 35.8 Å². The lowest BCUT2D eigenvalue weighted by atomic mass is 10.1. The van der Waals surface area contributed by atoms with Gasteiger partial charge in [-0.1, -0.05) is 12.1 Å². The molecule has 2 N–H and O–H groups in total. The van der Waals surface area contributed by atoms with Crippen molar-refractivity contribution in [2.24, 2.45) is 10.7 Å². The van der Waals surface area contributed by atoms with Crippen molar-refractivity contribution in [1.29, 1.82) is 0 Å². The smallest absolute Gasteiger partial charge is 0.191 e. The van der Waals surface area contributed by atoms with Crippen LogP contribution in [0.3, 0.4) is 0 Å². The van der Waals surface area contributed by atoms with Crippen molar-refractivity contribution < 1.29 is 4.39 Å². The number of nitrogens with two attached hydrogens (primary N) is 1. The number of guanidine groups is 1. The molecule has 124 valence electrons. The summed E-state index contributed by atoms with van der Waals surface area (Å²) in [5.74, 6) is 0.413. The molecule has 1 aliphatic heterocycles. The first-order valence-electron chi connectivity index (χ1n) is 7.54. The lowest BCUT2D eigenvalue weighted by Crippen LogP contribution is -2.41. The minimum Gasteiger partial charge on any atom is -0.370 e. The van der Waals surface area contributed by atoms with Crippen LogP contribution in [0.4, 0.5) is 4.39 Å². The molecule has 0 saturated carbocycles. The lowest BCUT2D eigenvalue weighted by molar-refractivity contribution is 0.301. The lowest BCUT2D eigenvalue weighted by Gasteiger charge is -2.28. The molecule has 1 saturated heterocycles. The average molecular weight is 420 g/mol. The van der Waals surface area contributed by atoms with E-state index in [4.69, 9.17) is 5.73 Å². The quantitative estimate of drug-likeness (QED) is 0.463. The summed E-state index contributed by atoms with van der Waals surface area (Å²) in [5, 5.41) is 0. The van der Waals surface area contributed by atoms with E-state index in [9.17, 15) is 4.39 Å². The Morgan fingerprint density at radius 1 is 1.23 bits per heavy atom. The van der Waals surface area contributed by atoms with Gasteiger partial charge in [0.15, 0.2) is 5.96 Å². The van der Waals surface area contributed by atoms with Crippen LogP contribution in [0.25, 0.3) is 0 Å². The average Bonchev–Trinajstić information content (AvgIpc) is 2.49. The summed E-state index contributed by atoms with van der Waals surface area (Å²) in [7, 11) is 4.00. The number of likely N-dealkylation sites (tertiary alicyclic amines) is 1. The monoisotopic (exact) mass is 420 g/mol. The zero-order valence-corrected chi connectivity index (χ0v) is 15.7. The fraction of sp³-hybridized carbons (Fsp3) is 0.562. The summed E-state index contributed by atoms with van der Waals surface area (Å²) >= 11 is 0. The van der Waals surface area contributed by atoms with Gasteiger partial charge in [-0.15, -0.1) is 24.0 Å². The second-order valence-corrected chi connectivity index (χ2v) is 5.78. The SMILES string of the molecule is CN(C)C(CN=C(N)N1CCCCC1)c1ccc(F)cc1.I. The van der Waals surface area contributed by atoms with Gasteiger partial charge in [0.05, 0.1) is 12.6 Å². The van der Waals surface area contributed by atoms with E-state index >= 15 is 0 Å². The van der Waals surface area contributed by atoms with Crippen molar-refractivity contribution in [3.8, 4) is 0 Å². The number of halogens is 2. The molecule has 1 fully saturated rings. The Hall–Kier alpha value is -0.890. The molecule has 0 bridgehead atoms. The molecule has 1 aromatic rings. The van der Waals surface area contributed by atoms with E-state index in [0.717, 1.165) is 18.7 Å². The number of aliphatic imine (C=N–C) groups is 1. The van der Waals surface area contributed by atoms with Crippen LogP contribution in [0.1, 0.15) is 30.9 Å². The van der Waals surface area contributed by atoms with Crippen molar-refractivity contribution in [1.82, 2.24) is 9.80 Å². The number of likely N-dealkylation sites (N-methyl/N-ethyl adjacent to an activating group) is 1. The molecule has 1 aromatic carbocycles. The fourth-order valence-electron chi connectivity index (χ4n) is 2.65. The number of hydrogen-bond acceptors (Lipinski definition) is 2. The van der Waals surface area contributed by atoms with Crippen LogP contribution in [-0.4, -0.2) is 49.5 Å². The topological polar surface area (TPSA) is 44.9 Å². The van der Waals surface area contributed by atoms with E-state index in [2.05, 4.69) is 14.8 Å². The third-order valence-corrected chi connectivity index (χ3v) is 3.98. The summed E-state index contributed by atoms with van der Waals surface area (Å²) in [6, 6.07) is 6.71. The van der Waals surface area contributed by atoms with E-state index in [1.54, 1.807) is 0 Å². The van der Waals surface area contributed by atoms with Crippen molar-refractivity contribution in [3.63, 3.8) is 0 Å². The molecule has 1 unspecified atom stereocenters. The van der Waals surface area contributed by atoms with Crippen LogP contribution >= 0.6 is 24.0 Å². The van der Waals surface area contributed by atoms with Crippen molar-refractivity contribution >= 4 is 29.9 Å². The van der Waals surface area contributed by atoms with Gasteiger partial charge >= 0.3 is 0 Å². The van der Waals surface area contributed by atoms with E-state index in [1.807, 2.05) is 26.2 Å². The Kier molecular flexibility index (Phi) is 8.09. The summed E-state index contributed by atoms with van der Waals surface area (Å²) in [6.07, 6.45) is 3.65. The molecule has 22 heavy (non-hydrogen) atoms. The molecule has 4 nitrogen and oxygen atoms in total. The Balaban J connectivity index is 0.00000242. The molecule has 0 radical (unpaired) electrons. The van der Waals surface area contributed by atoms with Gasteiger partial charge in [-0.2, -0.15) is 0 Å². The van der Waals surface area contributed by atoms with Crippen LogP contribution in [0.2, 0.25) is 0 Å². The van der Waals surface area contributed by atoms with Gasteiger partial charge in [0.25, 0.3) is 0 Å². The van der Waals surface area contributed by atoms with E-state index in [0.29, 0.717) is 12.5 Å². The van der Waals surface area contributed by atoms with Crippen LogP contribution < -0.4 is 5.73 Å². The Morgan fingerprint density at radius 3 is 2.36 bits per heavy atom. The molecule has 6 heteroatoms. The highest BCUT2D eigenvalue weighted by Gasteiger charge is 2.16. The fourth-order valence-corrected chi connectivity index (χ4v) is 2.65. The summed E-state index contributed by atoms with van der Waals surface area (Å²) in [6.45, 7) is 2.58. The Bertz CT molecular complexity index is 470. The van der Waals surface area contributed by atoms with Crippen molar-refractivity contribution in [2.45, 2.75) is 25.3 Å². The minimum absolute atomic E-state index is 0. The number of piperidine rings is 1. The second kappa shape index (κ2) is 9.29. The highest BCUT2D eigenvalue weighted by molar-refractivity contribution is 14.0. The number of hydrogen-bond donors (Lipinski definition) is 1. The van der Waals surface area contributed by atoms with Crippen LogP contribution in [0.5, 0.6) is 0 Å². The van der Waals surface area contributed by atoms with Gasteiger partial charge in [0.1, 0.15) is 5.82 Å². The van der Waals surface area contributed by atoms with Crippen LogP contribution in [0.15, 0.2) is 29.3 Å². The predicted octanol–water partition coefficient (Wildman–Crippen LogP) is 2.85. The normalized spacial score (nSPS) is 17.3. The van der Waals surface area contributed by atoms with E-state index < -0.39 is 0 Å². The molecular formula is C16H26FIN4. The van der Waals surface area contributed by atoms with Crippen molar-refractivity contribution in [2.75, 3.05) is 33.7 Å². The van der Waals surface area contributed by atoms with Crippen LogP contribution in [0, 0.1) is 5.82 Å². The third kappa shape index (κ3) is 5.39. The van der Waals surface area contributed by atoms with E-state index in [1.165, 1.54) is 31.4 Å². The van der Waals surface area contributed by atoms with Gasteiger partial charge in [0.2, 0.25) is 0 Å². The zero-order chi connectivity index (χ0) is 15.2. The maximum absolute atomic E-state index is 13.0. The molecule has 1 heterocycles. The summed E-state index contributed by atoms with van der Waals surface area (Å²) < 4.78 is 13.0. The third-order valence-electron chi connectivity index (χ3n) is 3.98. The maximum atomic E-state index is 13.0. The molecule has 1 aliphatic rings. The number of nitrogens with zero attached hydrogens (tertiary/aromatic N) is 3. The molecule has 1 atom stereocenters. The first-order valence-corrected chi connectivity index (χ1v) is 7.54. The zero-order valence-electron chi connectivity index (χ0n) is 13.3. The first-order chi connectivity index (χ1) is 10.1.